The van der Waals surface area contributed by atoms with E-state index in [-0.39, 0.29) is 5.91 Å². The molecule has 3 aromatic rings. The van der Waals surface area contributed by atoms with Gasteiger partial charge in [0.25, 0.3) is 5.91 Å². The highest BCUT2D eigenvalue weighted by molar-refractivity contribution is 5.99. The molecule has 33 heavy (non-hydrogen) atoms. The van der Waals surface area contributed by atoms with Crippen molar-refractivity contribution in [3.05, 3.63) is 59.5 Å². The first-order valence-corrected chi connectivity index (χ1v) is 12.4. The lowest BCUT2D eigenvalue weighted by atomic mass is 10.0. The number of amides is 1. The van der Waals surface area contributed by atoms with Crippen molar-refractivity contribution in [1.82, 2.24) is 24.4 Å². The number of anilines is 1. The molecule has 1 aliphatic carbocycles. The first-order chi connectivity index (χ1) is 16.3. The second kappa shape index (κ2) is 8.78. The largest absolute Gasteiger partial charge is 0.368 e. The molecule has 0 unspecified atom stereocenters. The number of piperazine rings is 1. The standard InChI is InChI=1S/C26H32N6O/c33-26(24-19-28-32-11-3-10-27-25(24)32)31-16-14-30(15-17-31)23-7-6-20-8-12-29(13-9-21(20)18-23)22-4-1-2-5-22/h3,6-7,10-11,18-19,22H,1-2,4-5,8-9,12-17H2. The highest BCUT2D eigenvalue weighted by Gasteiger charge is 2.27. The Labute approximate surface area is 195 Å². The number of hydrogen-bond donors (Lipinski definition) is 0. The second-order valence-electron chi connectivity index (χ2n) is 9.65. The zero-order valence-corrected chi connectivity index (χ0v) is 19.2. The van der Waals surface area contributed by atoms with Gasteiger partial charge in [0.15, 0.2) is 5.65 Å². The Kier molecular flexibility index (Phi) is 5.50. The van der Waals surface area contributed by atoms with Crippen LogP contribution in [0.1, 0.15) is 47.2 Å². The SMILES string of the molecule is O=C(c1cnn2cccnc12)N1CCN(c2ccc3c(c2)CCN(C2CCCC2)CC3)CC1. The lowest BCUT2D eigenvalue weighted by Crippen LogP contribution is -2.48. The zero-order valence-electron chi connectivity index (χ0n) is 19.2. The van der Waals surface area contributed by atoms with Crippen LogP contribution in [0.5, 0.6) is 0 Å². The van der Waals surface area contributed by atoms with Gasteiger partial charge in [0.1, 0.15) is 5.56 Å². The summed E-state index contributed by atoms with van der Waals surface area (Å²) in [4.78, 5) is 24.5. The summed E-state index contributed by atoms with van der Waals surface area (Å²) in [5.74, 6) is 0.0253. The van der Waals surface area contributed by atoms with Gasteiger partial charge in [0.05, 0.1) is 6.20 Å². The lowest BCUT2D eigenvalue weighted by Gasteiger charge is -2.36. The molecule has 0 spiro atoms. The van der Waals surface area contributed by atoms with Crippen molar-refractivity contribution in [1.29, 1.82) is 0 Å². The molecule has 2 aromatic heterocycles. The summed E-state index contributed by atoms with van der Waals surface area (Å²) < 4.78 is 1.66. The van der Waals surface area contributed by atoms with Gasteiger partial charge in [-0.25, -0.2) is 9.50 Å². The van der Waals surface area contributed by atoms with Crippen molar-refractivity contribution < 1.29 is 4.79 Å². The van der Waals surface area contributed by atoms with Crippen LogP contribution in [0.3, 0.4) is 0 Å². The topological polar surface area (TPSA) is 57.0 Å². The molecule has 1 saturated heterocycles. The summed E-state index contributed by atoms with van der Waals surface area (Å²) in [5, 5.41) is 4.27. The van der Waals surface area contributed by atoms with Gasteiger partial charge in [-0.2, -0.15) is 5.10 Å². The Balaban J connectivity index is 1.11. The minimum atomic E-state index is 0.0253. The molecular formula is C26H32N6O. The van der Waals surface area contributed by atoms with E-state index in [1.54, 1.807) is 16.9 Å². The Morgan fingerprint density at radius 1 is 0.939 bits per heavy atom. The number of carbonyl (C=O) groups is 1. The van der Waals surface area contributed by atoms with Gasteiger partial charge in [-0.15, -0.1) is 0 Å². The number of hydrogen-bond acceptors (Lipinski definition) is 5. The molecule has 1 amide bonds. The quantitative estimate of drug-likeness (QED) is 0.622. The van der Waals surface area contributed by atoms with Crippen molar-refractivity contribution in [3.63, 3.8) is 0 Å². The molecule has 3 aliphatic rings. The van der Waals surface area contributed by atoms with Crippen molar-refractivity contribution in [2.75, 3.05) is 44.2 Å². The summed E-state index contributed by atoms with van der Waals surface area (Å²) in [6, 6.07) is 9.69. The van der Waals surface area contributed by atoms with E-state index < -0.39 is 0 Å². The third kappa shape index (κ3) is 3.99. The van der Waals surface area contributed by atoms with E-state index in [9.17, 15) is 4.79 Å². The molecule has 4 heterocycles. The van der Waals surface area contributed by atoms with E-state index in [0.29, 0.717) is 11.2 Å². The monoisotopic (exact) mass is 444 g/mol. The maximum atomic E-state index is 13.1. The predicted molar refractivity (Wildman–Crippen MR) is 129 cm³/mol. The van der Waals surface area contributed by atoms with Gasteiger partial charge >= 0.3 is 0 Å². The van der Waals surface area contributed by atoms with Gasteiger partial charge in [-0.3, -0.25) is 9.69 Å². The highest BCUT2D eigenvalue weighted by Crippen LogP contribution is 2.28. The van der Waals surface area contributed by atoms with E-state index >= 15 is 0 Å². The van der Waals surface area contributed by atoms with Gasteiger partial charge < -0.3 is 9.80 Å². The van der Waals surface area contributed by atoms with Crippen molar-refractivity contribution >= 4 is 17.2 Å². The van der Waals surface area contributed by atoms with Crippen LogP contribution in [-0.4, -0.2) is 75.6 Å². The fraction of sp³-hybridized carbons (Fsp3) is 0.500. The molecule has 2 aliphatic heterocycles. The Bertz CT molecular complexity index is 1140. The van der Waals surface area contributed by atoms with Crippen molar-refractivity contribution in [2.24, 2.45) is 0 Å². The summed E-state index contributed by atoms with van der Waals surface area (Å²) in [6.45, 7) is 5.54. The number of rotatable bonds is 3. The normalized spacial score (nSPS) is 20.2. The number of fused-ring (bicyclic) bond motifs is 2. The van der Waals surface area contributed by atoms with E-state index in [4.69, 9.17) is 0 Å². The van der Waals surface area contributed by atoms with Crippen molar-refractivity contribution in [3.8, 4) is 0 Å². The minimum Gasteiger partial charge on any atom is -0.368 e. The average Bonchev–Trinajstić information content (AvgIpc) is 3.50. The van der Waals surface area contributed by atoms with Gasteiger partial charge in [0.2, 0.25) is 0 Å². The molecule has 1 aromatic carbocycles. The van der Waals surface area contributed by atoms with Crippen LogP contribution in [0.2, 0.25) is 0 Å². The third-order valence-corrected chi connectivity index (χ3v) is 7.81. The maximum Gasteiger partial charge on any atom is 0.259 e. The van der Waals surface area contributed by atoms with E-state index in [1.165, 1.54) is 62.0 Å². The number of nitrogens with zero attached hydrogens (tertiary/aromatic N) is 6. The zero-order chi connectivity index (χ0) is 22.2. The molecule has 1 saturated carbocycles. The van der Waals surface area contributed by atoms with E-state index in [1.807, 2.05) is 17.2 Å². The smallest absolute Gasteiger partial charge is 0.259 e. The Hall–Kier alpha value is -2.93. The van der Waals surface area contributed by atoms with E-state index in [0.717, 1.165) is 38.6 Å². The summed E-state index contributed by atoms with van der Waals surface area (Å²) in [7, 11) is 0. The number of carbonyl (C=O) groups excluding carboxylic acids is 1. The van der Waals surface area contributed by atoms with Gasteiger partial charge in [0, 0.05) is 63.4 Å². The Morgan fingerprint density at radius 2 is 1.73 bits per heavy atom. The molecule has 0 bridgehead atoms. The maximum absolute atomic E-state index is 13.1. The summed E-state index contributed by atoms with van der Waals surface area (Å²) in [6.07, 6.45) is 13.1. The minimum absolute atomic E-state index is 0.0253. The average molecular weight is 445 g/mol. The lowest BCUT2D eigenvalue weighted by molar-refractivity contribution is 0.0748. The fourth-order valence-electron chi connectivity index (χ4n) is 5.88. The van der Waals surface area contributed by atoms with Crippen LogP contribution in [0.15, 0.2) is 42.9 Å². The molecule has 7 heteroatoms. The predicted octanol–water partition coefficient (Wildman–Crippen LogP) is 3.03. The molecule has 7 nitrogen and oxygen atoms in total. The molecule has 0 N–H and O–H groups in total. The summed E-state index contributed by atoms with van der Waals surface area (Å²) >= 11 is 0. The second-order valence-corrected chi connectivity index (χ2v) is 9.65. The van der Waals surface area contributed by atoms with Gasteiger partial charge in [-0.05, 0) is 55.0 Å². The van der Waals surface area contributed by atoms with Crippen LogP contribution in [0.25, 0.3) is 5.65 Å². The van der Waals surface area contributed by atoms with Crippen LogP contribution in [0.4, 0.5) is 5.69 Å². The van der Waals surface area contributed by atoms with Crippen LogP contribution >= 0.6 is 0 Å². The summed E-state index contributed by atoms with van der Waals surface area (Å²) in [5.41, 5.74) is 5.55. The molecule has 2 fully saturated rings. The number of aromatic nitrogens is 3. The van der Waals surface area contributed by atoms with Crippen LogP contribution in [-0.2, 0) is 12.8 Å². The fourth-order valence-corrected chi connectivity index (χ4v) is 5.88. The van der Waals surface area contributed by atoms with Crippen LogP contribution in [0, 0.1) is 0 Å². The highest BCUT2D eigenvalue weighted by atomic mass is 16.2. The molecule has 0 atom stereocenters. The third-order valence-electron chi connectivity index (χ3n) is 7.81. The molecule has 172 valence electrons. The molecular weight excluding hydrogens is 412 g/mol. The van der Waals surface area contributed by atoms with Crippen molar-refractivity contribution in [2.45, 2.75) is 44.6 Å². The van der Waals surface area contributed by atoms with Crippen LogP contribution < -0.4 is 4.90 Å². The molecule has 0 radical (unpaired) electrons. The molecule has 6 rings (SSSR count). The van der Waals surface area contributed by atoms with E-state index in [2.05, 4.69) is 38.1 Å². The Morgan fingerprint density at radius 3 is 2.55 bits per heavy atom. The van der Waals surface area contributed by atoms with Gasteiger partial charge in [-0.1, -0.05) is 18.9 Å². The number of benzene rings is 1. The first kappa shape index (κ1) is 20.7. The first-order valence-electron chi connectivity index (χ1n) is 12.4.